The first-order chi connectivity index (χ1) is 12.3. The molecule has 0 fully saturated rings. The van der Waals surface area contributed by atoms with E-state index in [0.717, 1.165) is 6.08 Å². The van der Waals surface area contributed by atoms with Crippen LogP contribution in [0.2, 0.25) is 20.1 Å². The standard InChI is InChI=1S/C17H12Cl4N2O3/c1-9(17(25)23-16-13(20)7-11(18)8-22-16)26-14(24)6-5-10-3-2-4-12(19)15(10)21/h2-9H,1H3,(H,22,23,25)/b6-5+. The second-order valence-electron chi connectivity index (χ2n) is 5.03. The van der Waals surface area contributed by atoms with Crippen molar-refractivity contribution in [2.75, 3.05) is 5.32 Å². The van der Waals surface area contributed by atoms with Gasteiger partial charge in [0, 0.05) is 12.3 Å². The van der Waals surface area contributed by atoms with E-state index >= 15 is 0 Å². The fraction of sp³-hybridized carbons (Fsp3) is 0.118. The van der Waals surface area contributed by atoms with Crippen LogP contribution in [0.1, 0.15) is 12.5 Å². The molecule has 0 aliphatic carbocycles. The van der Waals surface area contributed by atoms with E-state index in [0.29, 0.717) is 20.6 Å². The number of anilines is 1. The molecule has 0 saturated heterocycles. The van der Waals surface area contributed by atoms with Gasteiger partial charge < -0.3 is 10.1 Å². The average molecular weight is 434 g/mol. The molecule has 5 nitrogen and oxygen atoms in total. The van der Waals surface area contributed by atoms with Crippen LogP contribution < -0.4 is 5.32 Å². The predicted molar refractivity (Wildman–Crippen MR) is 104 cm³/mol. The van der Waals surface area contributed by atoms with Crippen molar-refractivity contribution in [3.63, 3.8) is 0 Å². The smallest absolute Gasteiger partial charge is 0.331 e. The Morgan fingerprint density at radius 3 is 2.62 bits per heavy atom. The van der Waals surface area contributed by atoms with E-state index in [4.69, 9.17) is 51.1 Å². The lowest BCUT2D eigenvalue weighted by molar-refractivity contribution is -0.148. The maximum absolute atomic E-state index is 12.1. The van der Waals surface area contributed by atoms with Crippen molar-refractivity contribution >= 4 is 70.2 Å². The lowest BCUT2D eigenvalue weighted by atomic mass is 10.2. The van der Waals surface area contributed by atoms with Gasteiger partial charge in [0.05, 0.1) is 20.1 Å². The SMILES string of the molecule is CC(OC(=O)/C=C/c1cccc(Cl)c1Cl)C(=O)Nc1ncc(Cl)cc1Cl. The maximum atomic E-state index is 12.1. The van der Waals surface area contributed by atoms with Crippen LogP contribution in [0.15, 0.2) is 36.5 Å². The number of ether oxygens (including phenoxy) is 1. The molecule has 2 rings (SSSR count). The first-order valence-corrected chi connectivity index (χ1v) is 8.73. The Hall–Kier alpha value is -1.79. The number of carbonyl (C=O) groups excluding carboxylic acids is 2. The summed E-state index contributed by atoms with van der Waals surface area (Å²) in [6.07, 6.45) is 2.85. The molecule has 1 amide bonds. The number of nitrogens with one attached hydrogen (secondary N) is 1. The summed E-state index contributed by atoms with van der Waals surface area (Å²) in [5.74, 6) is -1.20. The Balaban J connectivity index is 1.96. The molecule has 0 radical (unpaired) electrons. The Kier molecular flexibility index (Phi) is 7.29. The minimum Gasteiger partial charge on any atom is -0.449 e. The summed E-state index contributed by atoms with van der Waals surface area (Å²) in [7, 11) is 0. The van der Waals surface area contributed by atoms with Gasteiger partial charge in [0.25, 0.3) is 5.91 Å². The lowest BCUT2D eigenvalue weighted by Crippen LogP contribution is -2.29. The second-order valence-corrected chi connectivity index (χ2v) is 6.66. The Morgan fingerprint density at radius 2 is 1.92 bits per heavy atom. The zero-order valence-corrected chi connectivity index (χ0v) is 16.3. The number of pyridine rings is 1. The normalized spacial score (nSPS) is 12.0. The van der Waals surface area contributed by atoms with Gasteiger partial charge in [-0.3, -0.25) is 4.79 Å². The van der Waals surface area contributed by atoms with Crippen LogP contribution in [-0.2, 0) is 14.3 Å². The molecule has 1 unspecified atom stereocenters. The van der Waals surface area contributed by atoms with Crippen LogP contribution in [0.3, 0.4) is 0 Å². The Bertz CT molecular complexity index is 871. The summed E-state index contributed by atoms with van der Waals surface area (Å²) in [6, 6.07) is 6.43. The third-order valence-electron chi connectivity index (χ3n) is 3.09. The molecule has 1 N–H and O–H groups in total. The van der Waals surface area contributed by atoms with Gasteiger partial charge in [0.2, 0.25) is 0 Å². The number of aromatic nitrogens is 1. The van der Waals surface area contributed by atoms with Crippen molar-refractivity contribution < 1.29 is 14.3 Å². The quantitative estimate of drug-likeness (QED) is 0.514. The fourth-order valence-corrected chi connectivity index (χ4v) is 2.60. The number of rotatable bonds is 5. The van der Waals surface area contributed by atoms with Gasteiger partial charge in [0.1, 0.15) is 0 Å². The predicted octanol–water partition coefficient (Wildman–Crippen LogP) is 5.28. The Morgan fingerprint density at radius 1 is 1.19 bits per heavy atom. The summed E-state index contributed by atoms with van der Waals surface area (Å²) in [6.45, 7) is 1.41. The molecule has 1 aromatic heterocycles. The number of esters is 1. The van der Waals surface area contributed by atoms with E-state index in [1.807, 2.05) is 0 Å². The van der Waals surface area contributed by atoms with Crippen molar-refractivity contribution in [1.82, 2.24) is 4.98 Å². The van der Waals surface area contributed by atoms with Crippen molar-refractivity contribution in [3.8, 4) is 0 Å². The molecule has 0 bridgehead atoms. The Labute approximate surface area is 169 Å². The third kappa shape index (κ3) is 5.61. The van der Waals surface area contributed by atoms with E-state index in [1.54, 1.807) is 18.2 Å². The van der Waals surface area contributed by atoms with Crippen LogP contribution in [-0.4, -0.2) is 23.0 Å². The van der Waals surface area contributed by atoms with Crippen molar-refractivity contribution in [2.24, 2.45) is 0 Å². The monoisotopic (exact) mass is 432 g/mol. The molecule has 0 saturated carbocycles. The molecule has 1 atom stereocenters. The van der Waals surface area contributed by atoms with E-state index in [-0.39, 0.29) is 10.8 Å². The molecule has 1 aromatic carbocycles. The highest BCUT2D eigenvalue weighted by Crippen LogP contribution is 2.26. The topological polar surface area (TPSA) is 68.3 Å². The fourth-order valence-electron chi connectivity index (χ4n) is 1.80. The van der Waals surface area contributed by atoms with Crippen LogP contribution in [0.5, 0.6) is 0 Å². The van der Waals surface area contributed by atoms with Gasteiger partial charge >= 0.3 is 5.97 Å². The number of hydrogen-bond acceptors (Lipinski definition) is 4. The van der Waals surface area contributed by atoms with Crippen LogP contribution in [0.25, 0.3) is 6.08 Å². The van der Waals surface area contributed by atoms with E-state index in [9.17, 15) is 9.59 Å². The van der Waals surface area contributed by atoms with E-state index < -0.39 is 18.0 Å². The number of hydrogen-bond donors (Lipinski definition) is 1. The average Bonchev–Trinajstić information content (AvgIpc) is 2.58. The van der Waals surface area contributed by atoms with E-state index in [1.165, 1.54) is 25.3 Å². The minimum atomic E-state index is -1.07. The van der Waals surface area contributed by atoms with Gasteiger partial charge in [-0.05, 0) is 30.7 Å². The highest BCUT2D eigenvalue weighted by Gasteiger charge is 2.18. The lowest BCUT2D eigenvalue weighted by Gasteiger charge is -2.12. The first-order valence-electron chi connectivity index (χ1n) is 7.22. The molecule has 1 heterocycles. The summed E-state index contributed by atoms with van der Waals surface area (Å²) in [4.78, 5) is 27.8. The van der Waals surface area contributed by atoms with Crippen molar-refractivity contribution in [2.45, 2.75) is 13.0 Å². The minimum absolute atomic E-state index is 0.116. The third-order valence-corrected chi connectivity index (χ3v) is 4.42. The largest absolute Gasteiger partial charge is 0.449 e. The molecule has 0 spiro atoms. The van der Waals surface area contributed by atoms with Gasteiger partial charge in [-0.2, -0.15) is 0 Å². The number of amides is 1. The summed E-state index contributed by atoms with van der Waals surface area (Å²) in [5, 5.41) is 3.63. The maximum Gasteiger partial charge on any atom is 0.331 e. The van der Waals surface area contributed by atoms with Crippen LogP contribution in [0.4, 0.5) is 5.82 Å². The van der Waals surface area contributed by atoms with Gasteiger partial charge in [0.15, 0.2) is 11.9 Å². The molecule has 9 heteroatoms. The number of benzene rings is 1. The first kappa shape index (κ1) is 20.5. The molecule has 0 aliphatic rings. The number of nitrogens with zero attached hydrogens (tertiary/aromatic N) is 1. The number of halogens is 4. The summed E-state index contributed by atoms with van der Waals surface area (Å²) < 4.78 is 5.03. The molecule has 136 valence electrons. The molecular weight excluding hydrogens is 422 g/mol. The van der Waals surface area contributed by atoms with Gasteiger partial charge in [-0.15, -0.1) is 0 Å². The highest BCUT2D eigenvalue weighted by molar-refractivity contribution is 6.43. The van der Waals surface area contributed by atoms with E-state index in [2.05, 4.69) is 10.3 Å². The van der Waals surface area contributed by atoms with Crippen LogP contribution >= 0.6 is 46.4 Å². The summed E-state index contributed by atoms with van der Waals surface area (Å²) in [5.41, 5.74) is 0.547. The van der Waals surface area contributed by atoms with Gasteiger partial charge in [-0.25, -0.2) is 9.78 Å². The number of carbonyl (C=O) groups is 2. The molecule has 0 aliphatic heterocycles. The zero-order valence-electron chi connectivity index (χ0n) is 13.3. The molecular formula is C17H12Cl4N2O3. The second kappa shape index (κ2) is 9.24. The highest BCUT2D eigenvalue weighted by atomic mass is 35.5. The molecule has 2 aromatic rings. The van der Waals surface area contributed by atoms with Crippen LogP contribution in [0, 0.1) is 0 Å². The molecule has 26 heavy (non-hydrogen) atoms. The van der Waals surface area contributed by atoms with Gasteiger partial charge in [-0.1, -0.05) is 58.5 Å². The van der Waals surface area contributed by atoms with Crippen molar-refractivity contribution in [3.05, 3.63) is 62.2 Å². The van der Waals surface area contributed by atoms with Crippen molar-refractivity contribution in [1.29, 1.82) is 0 Å². The summed E-state index contributed by atoms with van der Waals surface area (Å²) >= 11 is 23.6. The zero-order chi connectivity index (χ0) is 19.3.